The fraction of sp³-hybridized carbons (Fsp3) is 0.143. The van der Waals surface area contributed by atoms with Crippen LogP contribution in [0.25, 0.3) is 0 Å². The lowest BCUT2D eigenvalue weighted by Crippen LogP contribution is -2.25. The van der Waals surface area contributed by atoms with Crippen LogP contribution >= 0.6 is 23.2 Å². The Labute approximate surface area is 143 Å². The van der Waals surface area contributed by atoms with Crippen LogP contribution in [0.4, 0.5) is 5.69 Å². The molecule has 0 fully saturated rings. The van der Waals surface area contributed by atoms with E-state index in [9.17, 15) is 18.5 Å². The van der Waals surface area contributed by atoms with Crippen LogP contribution in [0, 0.1) is 10.1 Å². The maximum absolute atomic E-state index is 12.1. The molecule has 2 aromatic rings. The van der Waals surface area contributed by atoms with E-state index in [1.165, 1.54) is 18.2 Å². The standard InChI is InChI=1S/C14H12Cl2N2O4S/c15-12-5-6-13(16)11(7-12)8-17-23(21,22)9-10-3-1-2-4-14(10)18(19)20/h1-7,17H,8-9H2. The van der Waals surface area contributed by atoms with E-state index in [1.807, 2.05) is 0 Å². The van der Waals surface area contributed by atoms with Gasteiger partial charge in [0.25, 0.3) is 5.69 Å². The lowest BCUT2D eigenvalue weighted by molar-refractivity contribution is -0.385. The molecular formula is C14H12Cl2N2O4S. The van der Waals surface area contributed by atoms with E-state index in [0.29, 0.717) is 15.6 Å². The highest BCUT2D eigenvalue weighted by Crippen LogP contribution is 2.22. The Kier molecular flexibility index (Phi) is 5.59. The molecule has 0 bridgehead atoms. The molecule has 0 saturated heterocycles. The first-order chi connectivity index (χ1) is 10.8. The van der Waals surface area contributed by atoms with Gasteiger partial charge in [0.15, 0.2) is 0 Å². The number of hydrogen-bond acceptors (Lipinski definition) is 4. The topological polar surface area (TPSA) is 89.3 Å². The second-order valence-corrected chi connectivity index (χ2v) is 7.35. The minimum absolute atomic E-state index is 0.0532. The molecule has 122 valence electrons. The van der Waals surface area contributed by atoms with Gasteiger partial charge in [-0.3, -0.25) is 10.1 Å². The lowest BCUT2D eigenvalue weighted by atomic mass is 10.2. The molecule has 9 heteroatoms. The highest BCUT2D eigenvalue weighted by Gasteiger charge is 2.19. The zero-order chi connectivity index (χ0) is 17.0. The van der Waals surface area contributed by atoms with Crippen LogP contribution in [0.15, 0.2) is 42.5 Å². The maximum atomic E-state index is 12.1. The molecule has 2 aromatic carbocycles. The van der Waals surface area contributed by atoms with Crippen molar-refractivity contribution in [2.75, 3.05) is 0 Å². The molecule has 0 aliphatic carbocycles. The van der Waals surface area contributed by atoms with Gasteiger partial charge in [0, 0.05) is 28.2 Å². The molecule has 0 amide bonds. The third kappa shape index (κ3) is 4.90. The van der Waals surface area contributed by atoms with Crippen molar-refractivity contribution >= 4 is 38.9 Å². The summed E-state index contributed by atoms with van der Waals surface area (Å²) >= 11 is 11.8. The summed E-state index contributed by atoms with van der Waals surface area (Å²) in [5.41, 5.74) is 0.395. The van der Waals surface area contributed by atoms with Crippen molar-refractivity contribution in [3.8, 4) is 0 Å². The zero-order valence-corrected chi connectivity index (χ0v) is 14.0. The van der Waals surface area contributed by atoms with Crippen LogP contribution < -0.4 is 4.72 Å². The van der Waals surface area contributed by atoms with Gasteiger partial charge in [-0.05, 0) is 23.8 Å². The quantitative estimate of drug-likeness (QED) is 0.618. The van der Waals surface area contributed by atoms with Crippen LogP contribution in [-0.4, -0.2) is 13.3 Å². The number of para-hydroxylation sites is 1. The monoisotopic (exact) mass is 374 g/mol. The summed E-state index contributed by atoms with van der Waals surface area (Å²) in [5.74, 6) is -0.498. The number of sulfonamides is 1. The van der Waals surface area contributed by atoms with E-state index >= 15 is 0 Å². The summed E-state index contributed by atoms with van der Waals surface area (Å²) in [6, 6.07) is 10.4. The average Bonchev–Trinajstić information content (AvgIpc) is 2.48. The smallest absolute Gasteiger partial charge is 0.258 e. The molecule has 0 aliphatic rings. The predicted molar refractivity (Wildman–Crippen MR) is 89.0 cm³/mol. The van der Waals surface area contributed by atoms with E-state index < -0.39 is 20.7 Å². The number of nitro benzene ring substituents is 1. The van der Waals surface area contributed by atoms with Crippen LogP contribution in [0.1, 0.15) is 11.1 Å². The summed E-state index contributed by atoms with van der Waals surface area (Å²) < 4.78 is 26.6. The second-order valence-electron chi connectivity index (χ2n) is 4.70. The first kappa shape index (κ1) is 17.7. The minimum Gasteiger partial charge on any atom is -0.258 e. The van der Waals surface area contributed by atoms with E-state index in [1.54, 1.807) is 24.3 Å². The van der Waals surface area contributed by atoms with Crippen molar-refractivity contribution in [1.29, 1.82) is 0 Å². The van der Waals surface area contributed by atoms with Crippen molar-refractivity contribution in [1.82, 2.24) is 4.72 Å². The number of hydrogen-bond donors (Lipinski definition) is 1. The molecule has 23 heavy (non-hydrogen) atoms. The molecule has 0 atom stereocenters. The molecule has 0 unspecified atom stereocenters. The van der Waals surface area contributed by atoms with Crippen LogP contribution in [0.2, 0.25) is 10.0 Å². The number of nitro groups is 1. The summed E-state index contributed by atoms with van der Waals surface area (Å²) in [6.45, 7) is -0.0532. The third-order valence-electron chi connectivity index (χ3n) is 3.02. The van der Waals surface area contributed by atoms with Crippen LogP contribution in [-0.2, 0) is 22.3 Å². The van der Waals surface area contributed by atoms with Gasteiger partial charge in [-0.25, -0.2) is 13.1 Å². The Bertz CT molecular complexity index is 840. The van der Waals surface area contributed by atoms with Gasteiger partial charge in [0.2, 0.25) is 10.0 Å². The van der Waals surface area contributed by atoms with E-state index in [-0.39, 0.29) is 17.8 Å². The Morgan fingerprint density at radius 2 is 1.78 bits per heavy atom. The molecule has 0 radical (unpaired) electrons. The number of halogens is 2. The van der Waals surface area contributed by atoms with Crippen molar-refractivity contribution in [3.63, 3.8) is 0 Å². The SMILES string of the molecule is O=[N+]([O-])c1ccccc1CS(=O)(=O)NCc1cc(Cl)ccc1Cl. The number of nitrogens with zero attached hydrogens (tertiary/aromatic N) is 1. The summed E-state index contributed by atoms with van der Waals surface area (Å²) in [7, 11) is -3.77. The van der Waals surface area contributed by atoms with Gasteiger partial charge >= 0.3 is 0 Å². The summed E-state index contributed by atoms with van der Waals surface area (Å²) in [4.78, 5) is 10.3. The molecule has 0 aromatic heterocycles. The second kappa shape index (κ2) is 7.27. The van der Waals surface area contributed by atoms with E-state index in [4.69, 9.17) is 23.2 Å². The van der Waals surface area contributed by atoms with Crippen LogP contribution in [0.5, 0.6) is 0 Å². The largest absolute Gasteiger partial charge is 0.273 e. The summed E-state index contributed by atoms with van der Waals surface area (Å²) in [5, 5.41) is 11.7. The molecule has 1 N–H and O–H groups in total. The number of benzene rings is 2. The van der Waals surface area contributed by atoms with Crippen molar-refractivity contribution < 1.29 is 13.3 Å². The van der Waals surface area contributed by atoms with Gasteiger partial charge in [0.05, 0.1) is 10.7 Å². The van der Waals surface area contributed by atoms with E-state index in [0.717, 1.165) is 0 Å². The predicted octanol–water partition coefficient (Wildman–Crippen LogP) is 3.52. The Morgan fingerprint density at radius 3 is 2.48 bits per heavy atom. The van der Waals surface area contributed by atoms with Crippen molar-refractivity contribution in [3.05, 3.63) is 73.8 Å². The third-order valence-corrected chi connectivity index (χ3v) is 4.90. The van der Waals surface area contributed by atoms with Gasteiger partial charge in [-0.1, -0.05) is 41.4 Å². The first-order valence-corrected chi connectivity index (χ1v) is 8.83. The van der Waals surface area contributed by atoms with Crippen molar-refractivity contribution in [2.24, 2.45) is 0 Å². The Hall–Kier alpha value is -1.67. The fourth-order valence-electron chi connectivity index (χ4n) is 1.93. The van der Waals surface area contributed by atoms with Crippen molar-refractivity contribution in [2.45, 2.75) is 12.3 Å². The molecule has 0 heterocycles. The van der Waals surface area contributed by atoms with Gasteiger partial charge in [-0.15, -0.1) is 0 Å². The molecule has 2 rings (SSSR count). The lowest BCUT2D eigenvalue weighted by Gasteiger charge is -2.09. The average molecular weight is 375 g/mol. The van der Waals surface area contributed by atoms with Crippen LogP contribution in [0.3, 0.4) is 0 Å². The highest BCUT2D eigenvalue weighted by atomic mass is 35.5. The zero-order valence-electron chi connectivity index (χ0n) is 11.7. The fourth-order valence-corrected chi connectivity index (χ4v) is 3.44. The molecule has 0 aliphatic heterocycles. The van der Waals surface area contributed by atoms with Gasteiger partial charge in [0.1, 0.15) is 0 Å². The highest BCUT2D eigenvalue weighted by molar-refractivity contribution is 7.88. The number of nitrogens with one attached hydrogen (secondary N) is 1. The normalized spacial score (nSPS) is 11.4. The Balaban J connectivity index is 2.14. The molecular weight excluding hydrogens is 363 g/mol. The molecule has 0 saturated carbocycles. The molecule has 0 spiro atoms. The number of rotatable bonds is 6. The maximum Gasteiger partial charge on any atom is 0.273 e. The van der Waals surface area contributed by atoms with Gasteiger partial charge < -0.3 is 0 Å². The van der Waals surface area contributed by atoms with E-state index in [2.05, 4.69) is 4.72 Å². The minimum atomic E-state index is -3.77. The van der Waals surface area contributed by atoms with Gasteiger partial charge in [-0.2, -0.15) is 0 Å². The summed E-state index contributed by atoms with van der Waals surface area (Å²) in [6.07, 6.45) is 0. The molecule has 6 nitrogen and oxygen atoms in total. The first-order valence-electron chi connectivity index (χ1n) is 6.42. The Morgan fingerprint density at radius 1 is 1.09 bits per heavy atom.